The van der Waals surface area contributed by atoms with E-state index in [2.05, 4.69) is 15.5 Å². The summed E-state index contributed by atoms with van der Waals surface area (Å²) >= 11 is 0. The van der Waals surface area contributed by atoms with Crippen LogP contribution in [-0.2, 0) is 6.54 Å². The van der Waals surface area contributed by atoms with Gasteiger partial charge in [0.05, 0.1) is 12.1 Å². The van der Waals surface area contributed by atoms with Gasteiger partial charge in [-0.15, -0.1) is 10.2 Å². The van der Waals surface area contributed by atoms with Crippen molar-refractivity contribution in [3.8, 4) is 11.5 Å². The van der Waals surface area contributed by atoms with Crippen LogP contribution in [0.3, 0.4) is 0 Å². The quantitative estimate of drug-likeness (QED) is 0.804. The third-order valence-electron chi connectivity index (χ3n) is 3.36. The van der Waals surface area contributed by atoms with Crippen molar-refractivity contribution in [3.63, 3.8) is 0 Å². The largest absolute Gasteiger partial charge is 0.419 e. The predicted molar refractivity (Wildman–Crippen MR) is 82.0 cm³/mol. The third-order valence-corrected chi connectivity index (χ3v) is 3.36. The molecule has 0 radical (unpaired) electrons. The third kappa shape index (κ3) is 3.26. The van der Waals surface area contributed by atoms with E-state index < -0.39 is 11.7 Å². The molecule has 0 unspecified atom stereocenters. The van der Waals surface area contributed by atoms with Crippen molar-refractivity contribution in [3.05, 3.63) is 71.4 Å². The van der Waals surface area contributed by atoms with Gasteiger partial charge in [-0.2, -0.15) is 0 Å². The van der Waals surface area contributed by atoms with E-state index in [1.54, 1.807) is 6.07 Å². The molecule has 0 atom stereocenters. The number of carbonyl (C=O) groups excluding carboxylic acids is 1. The highest BCUT2D eigenvalue weighted by Gasteiger charge is 2.14. The van der Waals surface area contributed by atoms with E-state index in [9.17, 15) is 9.18 Å². The molecular weight excluding hydrogens is 297 g/mol. The highest BCUT2D eigenvalue weighted by Crippen LogP contribution is 2.21. The minimum absolute atomic E-state index is 0.0221. The van der Waals surface area contributed by atoms with Gasteiger partial charge in [0.15, 0.2) is 0 Å². The number of hydrogen-bond donors (Lipinski definition) is 1. The summed E-state index contributed by atoms with van der Waals surface area (Å²) in [5, 5.41) is 10.4. The van der Waals surface area contributed by atoms with E-state index in [4.69, 9.17) is 4.42 Å². The van der Waals surface area contributed by atoms with E-state index >= 15 is 0 Å². The average molecular weight is 311 g/mol. The molecule has 23 heavy (non-hydrogen) atoms. The number of amides is 1. The number of hydrogen-bond acceptors (Lipinski definition) is 4. The van der Waals surface area contributed by atoms with Gasteiger partial charge >= 0.3 is 0 Å². The molecule has 6 heteroatoms. The highest BCUT2D eigenvalue weighted by atomic mass is 19.1. The molecule has 1 aromatic heterocycles. The summed E-state index contributed by atoms with van der Waals surface area (Å²) in [6.07, 6.45) is 0. The van der Waals surface area contributed by atoms with Gasteiger partial charge in [0.25, 0.3) is 5.91 Å². The lowest BCUT2D eigenvalue weighted by Gasteiger charge is -2.03. The van der Waals surface area contributed by atoms with Crippen LogP contribution in [-0.4, -0.2) is 16.1 Å². The summed E-state index contributed by atoms with van der Waals surface area (Å²) in [7, 11) is 0. The molecule has 3 rings (SSSR count). The van der Waals surface area contributed by atoms with Crippen LogP contribution in [0.4, 0.5) is 4.39 Å². The standard InChI is InChI=1S/C17H14FN3O2/c1-11-6-2-3-7-12(11)17-21-20-15(23-17)10-19-16(22)13-8-4-5-9-14(13)18/h2-9H,10H2,1H3,(H,19,22). The Balaban J connectivity index is 1.70. The number of aryl methyl sites for hydroxylation is 1. The molecule has 0 saturated carbocycles. The number of rotatable bonds is 4. The maximum atomic E-state index is 13.5. The number of aromatic nitrogens is 2. The second kappa shape index (κ2) is 6.39. The molecule has 5 nitrogen and oxygen atoms in total. The molecule has 3 aromatic rings. The molecule has 2 aromatic carbocycles. The monoisotopic (exact) mass is 311 g/mol. The molecule has 0 spiro atoms. The average Bonchev–Trinajstić information content (AvgIpc) is 3.02. The summed E-state index contributed by atoms with van der Waals surface area (Å²) < 4.78 is 19.1. The number of benzene rings is 2. The molecule has 1 N–H and O–H groups in total. The maximum Gasteiger partial charge on any atom is 0.254 e. The van der Waals surface area contributed by atoms with Crippen LogP contribution in [0.1, 0.15) is 21.8 Å². The summed E-state index contributed by atoms with van der Waals surface area (Å²) in [6.45, 7) is 1.98. The van der Waals surface area contributed by atoms with Gasteiger partial charge in [0.1, 0.15) is 5.82 Å². The van der Waals surface area contributed by atoms with Crippen LogP contribution in [0, 0.1) is 12.7 Å². The predicted octanol–water partition coefficient (Wildman–Crippen LogP) is 3.11. The fraction of sp³-hybridized carbons (Fsp3) is 0.118. The first-order valence-electron chi connectivity index (χ1n) is 7.06. The zero-order chi connectivity index (χ0) is 16.2. The fourth-order valence-corrected chi connectivity index (χ4v) is 2.14. The first-order valence-corrected chi connectivity index (χ1v) is 7.06. The van der Waals surface area contributed by atoms with Crippen LogP contribution >= 0.6 is 0 Å². The smallest absolute Gasteiger partial charge is 0.254 e. The molecule has 0 saturated heterocycles. The van der Waals surface area contributed by atoms with Gasteiger partial charge in [-0.3, -0.25) is 4.79 Å². The summed E-state index contributed by atoms with van der Waals surface area (Å²) in [4.78, 5) is 11.9. The topological polar surface area (TPSA) is 68.0 Å². The van der Waals surface area contributed by atoms with Gasteiger partial charge in [-0.05, 0) is 30.7 Å². The van der Waals surface area contributed by atoms with E-state index in [-0.39, 0.29) is 18.0 Å². The Kier molecular flexibility index (Phi) is 4.14. The van der Waals surface area contributed by atoms with Crippen molar-refractivity contribution in [2.45, 2.75) is 13.5 Å². The molecule has 0 fully saturated rings. The second-order valence-electron chi connectivity index (χ2n) is 4.98. The lowest BCUT2D eigenvalue weighted by Crippen LogP contribution is -2.23. The van der Waals surface area contributed by atoms with Gasteiger partial charge in [-0.1, -0.05) is 30.3 Å². The van der Waals surface area contributed by atoms with Crippen molar-refractivity contribution in [2.75, 3.05) is 0 Å². The van der Waals surface area contributed by atoms with Crippen molar-refractivity contribution in [2.24, 2.45) is 0 Å². The number of halogens is 1. The van der Waals surface area contributed by atoms with E-state index in [0.29, 0.717) is 5.89 Å². The Hall–Kier alpha value is -3.02. The Morgan fingerprint density at radius 3 is 2.65 bits per heavy atom. The van der Waals surface area contributed by atoms with Crippen LogP contribution in [0.2, 0.25) is 0 Å². The summed E-state index contributed by atoms with van der Waals surface area (Å²) in [5.74, 6) is -0.457. The maximum absolute atomic E-state index is 13.5. The van der Waals surface area contributed by atoms with Crippen molar-refractivity contribution >= 4 is 5.91 Å². The van der Waals surface area contributed by atoms with Crippen LogP contribution < -0.4 is 5.32 Å². The zero-order valence-corrected chi connectivity index (χ0v) is 12.4. The zero-order valence-electron chi connectivity index (χ0n) is 12.4. The van der Waals surface area contributed by atoms with Crippen LogP contribution in [0.5, 0.6) is 0 Å². The molecular formula is C17H14FN3O2. The number of nitrogens with zero attached hydrogens (tertiary/aromatic N) is 2. The number of nitrogens with one attached hydrogen (secondary N) is 1. The normalized spacial score (nSPS) is 10.5. The highest BCUT2D eigenvalue weighted by molar-refractivity contribution is 5.94. The van der Waals surface area contributed by atoms with Crippen LogP contribution in [0.15, 0.2) is 52.9 Å². The lowest BCUT2D eigenvalue weighted by atomic mass is 10.1. The van der Waals surface area contributed by atoms with Crippen molar-refractivity contribution in [1.82, 2.24) is 15.5 Å². The van der Waals surface area contributed by atoms with Crippen molar-refractivity contribution < 1.29 is 13.6 Å². The van der Waals surface area contributed by atoms with E-state index in [1.807, 2.05) is 31.2 Å². The molecule has 116 valence electrons. The number of carbonyl (C=O) groups is 1. The first kappa shape index (κ1) is 14.9. The summed E-state index contributed by atoms with van der Waals surface area (Å²) in [6, 6.07) is 13.4. The SMILES string of the molecule is Cc1ccccc1-c1nnc(CNC(=O)c2ccccc2F)o1. The Labute approximate surface area is 132 Å². The van der Waals surface area contributed by atoms with Gasteiger partial charge in [-0.25, -0.2) is 4.39 Å². The minimum Gasteiger partial charge on any atom is -0.419 e. The van der Waals surface area contributed by atoms with Crippen molar-refractivity contribution in [1.29, 1.82) is 0 Å². The van der Waals surface area contributed by atoms with Gasteiger partial charge in [0, 0.05) is 5.56 Å². The first-order chi connectivity index (χ1) is 11.1. The van der Waals surface area contributed by atoms with Gasteiger partial charge < -0.3 is 9.73 Å². The minimum atomic E-state index is -0.573. The van der Waals surface area contributed by atoms with E-state index in [1.165, 1.54) is 18.2 Å². The Bertz CT molecular complexity index is 845. The molecule has 0 aliphatic heterocycles. The molecule has 0 aliphatic rings. The molecule has 1 heterocycles. The van der Waals surface area contributed by atoms with E-state index in [0.717, 1.165) is 11.1 Å². The van der Waals surface area contributed by atoms with Crippen LogP contribution in [0.25, 0.3) is 11.5 Å². The van der Waals surface area contributed by atoms with Gasteiger partial charge in [0.2, 0.25) is 11.8 Å². The lowest BCUT2D eigenvalue weighted by molar-refractivity contribution is 0.0943. The Morgan fingerprint density at radius 1 is 1.13 bits per heavy atom. The Morgan fingerprint density at radius 2 is 1.87 bits per heavy atom. The fourth-order valence-electron chi connectivity index (χ4n) is 2.14. The molecule has 0 bridgehead atoms. The second-order valence-corrected chi connectivity index (χ2v) is 4.98. The molecule has 1 amide bonds. The molecule has 0 aliphatic carbocycles. The summed E-state index contributed by atoms with van der Waals surface area (Å²) in [5.41, 5.74) is 1.83.